The molecule has 100 valence electrons. The Morgan fingerprint density at radius 1 is 1.53 bits per heavy atom. The third-order valence-electron chi connectivity index (χ3n) is 3.75. The summed E-state index contributed by atoms with van der Waals surface area (Å²) >= 11 is 0. The third kappa shape index (κ3) is 2.33. The molecule has 2 aromatic heterocycles. The molecule has 1 N–H and O–H groups in total. The van der Waals surface area contributed by atoms with E-state index in [-0.39, 0.29) is 5.92 Å². The average Bonchev–Trinajstić information content (AvgIpc) is 2.96. The molecule has 2 aromatic rings. The van der Waals surface area contributed by atoms with Crippen LogP contribution in [0.1, 0.15) is 17.8 Å². The van der Waals surface area contributed by atoms with Crippen LogP contribution >= 0.6 is 0 Å². The van der Waals surface area contributed by atoms with Gasteiger partial charge in [-0.1, -0.05) is 6.07 Å². The maximum atomic E-state index is 10.9. The van der Waals surface area contributed by atoms with E-state index in [4.69, 9.17) is 5.11 Å². The van der Waals surface area contributed by atoms with E-state index in [1.165, 1.54) is 0 Å². The van der Waals surface area contributed by atoms with Gasteiger partial charge in [-0.15, -0.1) is 0 Å². The first-order valence-corrected chi connectivity index (χ1v) is 6.52. The highest BCUT2D eigenvalue weighted by Gasteiger charge is 2.28. The van der Waals surface area contributed by atoms with Crippen molar-refractivity contribution in [2.75, 3.05) is 13.1 Å². The van der Waals surface area contributed by atoms with Crippen molar-refractivity contribution in [2.24, 2.45) is 5.92 Å². The molecule has 0 saturated carbocycles. The highest BCUT2D eigenvalue weighted by atomic mass is 16.4. The molecule has 0 amide bonds. The number of carboxylic acids is 1. The van der Waals surface area contributed by atoms with Crippen LogP contribution in [0.25, 0.3) is 5.65 Å². The standard InChI is InChI=1S/C14H17N3O2/c1-10-3-2-4-13-15-12(9-17(10)13)8-16-6-5-11(7-16)14(18)19/h2-4,9,11H,5-8H2,1H3,(H,18,19). The lowest BCUT2D eigenvalue weighted by Crippen LogP contribution is -2.22. The Balaban J connectivity index is 1.76. The van der Waals surface area contributed by atoms with E-state index < -0.39 is 5.97 Å². The van der Waals surface area contributed by atoms with Crippen molar-refractivity contribution in [3.63, 3.8) is 0 Å². The number of pyridine rings is 1. The Labute approximate surface area is 111 Å². The maximum Gasteiger partial charge on any atom is 0.307 e. The van der Waals surface area contributed by atoms with E-state index in [2.05, 4.69) is 27.3 Å². The molecule has 1 atom stereocenters. The van der Waals surface area contributed by atoms with Crippen LogP contribution in [0.4, 0.5) is 0 Å². The van der Waals surface area contributed by atoms with Gasteiger partial charge >= 0.3 is 5.97 Å². The van der Waals surface area contributed by atoms with Gasteiger partial charge in [-0.05, 0) is 32.0 Å². The van der Waals surface area contributed by atoms with Crippen molar-refractivity contribution < 1.29 is 9.90 Å². The topological polar surface area (TPSA) is 57.8 Å². The predicted octanol–water partition coefficient (Wildman–Crippen LogP) is 1.55. The second kappa shape index (κ2) is 4.66. The van der Waals surface area contributed by atoms with E-state index >= 15 is 0 Å². The van der Waals surface area contributed by atoms with Crippen molar-refractivity contribution >= 4 is 11.6 Å². The van der Waals surface area contributed by atoms with Crippen LogP contribution in [-0.2, 0) is 11.3 Å². The van der Waals surface area contributed by atoms with Crippen molar-refractivity contribution in [2.45, 2.75) is 19.9 Å². The van der Waals surface area contributed by atoms with Crippen LogP contribution in [0.15, 0.2) is 24.4 Å². The van der Waals surface area contributed by atoms with Crippen LogP contribution in [0.2, 0.25) is 0 Å². The zero-order valence-electron chi connectivity index (χ0n) is 10.9. The molecule has 1 fully saturated rings. The van der Waals surface area contributed by atoms with Gasteiger partial charge in [-0.25, -0.2) is 4.98 Å². The maximum absolute atomic E-state index is 10.9. The van der Waals surface area contributed by atoms with Gasteiger partial charge < -0.3 is 9.51 Å². The second-order valence-electron chi connectivity index (χ2n) is 5.19. The molecule has 0 spiro atoms. The molecule has 5 heteroatoms. The minimum Gasteiger partial charge on any atom is -0.481 e. The summed E-state index contributed by atoms with van der Waals surface area (Å²) in [6.45, 7) is 4.24. The molecule has 3 rings (SSSR count). The molecule has 1 aliphatic rings. The summed E-state index contributed by atoms with van der Waals surface area (Å²) in [4.78, 5) is 17.7. The fourth-order valence-corrected chi connectivity index (χ4v) is 2.68. The van der Waals surface area contributed by atoms with E-state index in [1.54, 1.807) is 0 Å². The number of aliphatic carboxylic acids is 1. The first-order chi connectivity index (χ1) is 9.13. The van der Waals surface area contributed by atoms with Crippen molar-refractivity contribution in [1.29, 1.82) is 0 Å². The SMILES string of the molecule is Cc1cccc2nc(CN3CCC(C(=O)O)C3)cn12. The lowest BCUT2D eigenvalue weighted by Gasteiger charge is -2.12. The Bertz CT molecular complexity index is 620. The molecule has 1 unspecified atom stereocenters. The van der Waals surface area contributed by atoms with Gasteiger partial charge in [-0.2, -0.15) is 0 Å². The van der Waals surface area contributed by atoms with Gasteiger partial charge in [0.05, 0.1) is 11.6 Å². The fourth-order valence-electron chi connectivity index (χ4n) is 2.68. The lowest BCUT2D eigenvalue weighted by molar-refractivity contribution is -0.141. The van der Waals surface area contributed by atoms with E-state index in [9.17, 15) is 4.79 Å². The van der Waals surface area contributed by atoms with Crippen LogP contribution in [0.3, 0.4) is 0 Å². The molecule has 0 radical (unpaired) electrons. The average molecular weight is 259 g/mol. The molecule has 1 aliphatic heterocycles. The van der Waals surface area contributed by atoms with E-state index in [1.807, 2.05) is 18.3 Å². The van der Waals surface area contributed by atoms with Crippen LogP contribution in [0.5, 0.6) is 0 Å². The monoisotopic (exact) mass is 259 g/mol. The molecule has 0 bridgehead atoms. The number of nitrogens with zero attached hydrogens (tertiary/aromatic N) is 3. The van der Waals surface area contributed by atoms with Gasteiger partial charge in [-0.3, -0.25) is 9.69 Å². The number of rotatable bonds is 3. The summed E-state index contributed by atoms with van der Waals surface area (Å²) in [5, 5.41) is 9.00. The van der Waals surface area contributed by atoms with Gasteiger partial charge in [0.1, 0.15) is 5.65 Å². The molecule has 1 saturated heterocycles. The number of carboxylic acid groups (broad SMARTS) is 1. The molecule has 0 aromatic carbocycles. The Kier molecular flexibility index (Phi) is 2.98. The Morgan fingerprint density at radius 3 is 3.05 bits per heavy atom. The first kappa shape index (κ1) is 12.2. The normalized spacial score (nSPS) is 20.2. The number of hydrogen-bond acceptors (Lipinski definition) is 3. The number of aromatic nitrogens is 2. The largest absolute Gasteiger partial charge is 0.481 e. The number of likely N-dealkylation sites (tertiary alicyclic amines) is 1. The molecule has 5 nitrogen and oxygen atoms in total. The quantitative estimate of drug-likeness (QED) is 0.908. The number of carbonyl (C=O) groups is 1. The number of fused-ring (bicyclic) bond motifs is 1. The highest BCUT2D eigenvalue weighted by Crippen LogP contribution is 2.19. The molecular formula is C14H17N3O2. The summed E-state index contributed by atoms with van der Waals surface area (Å²) in [6, 6.07) is 6.03. The molecule has 3 heterocycles. The van der Waals surface area contributed by atoms with E-state index in [0.29, 0.717) is 6.54 Å². The van der Waals surface area contributed by atoms with Crippen molar-refractivity contribution in [1.82, 2.24) is 14.3 Å². The number of aryl methyl sites for hydroxylation is 1. The predicted molar refractivity (Wildman–Crippen MR) is 70.9 cm³/mol. The summed E-state index contributed by atoms with van der Waals surface area (Å²) in [7, 11) is 0. The minimum absolute atomic E-state index is 0.223. The van der Waals surface area contributed by atoms with Gasteiger partial charge in [0.2, 0.25) is 0 Å². The Morgan fingerprint density at radius 2 is 2.37 bits per heavy atom. The molecular weight excluding hydrogens is 242 g/mol. The number of hydrogen-bond donors (Lipinski definition) is 1. The van der Waals surface area contributed by atoms with Crippen LogP contribution in [-0.4, -0.2) is 38.4 Å². The van der Waals surface area contributed by atoms with Gasteiger partial charge in [0, 0.05) is 25.0 Å². The van der Waals surface area contributed by atoms with Crippen LogP contribution < -0.4 is 0 Å². The van der Waals surface area contributed by atoms with Crippen LogP contribution in [0, 0.1) is 12.8 Å². The van der Waals surface area contributed by atoms with Crippen molar-refractivity contribution in [3.05, 3.63) is 35.8 Å². The first-order valence-electron chi connectivity index (χ1n) is 6.52. The second-order valence-corrected chi connectivity index (χ2v) is 5.19. The zero-order valence-corrected chi connectivity index (χ0v) is 10.9. The summed E-state index contributed by atoms with van der Waals surface area (Å²) < 4.78 is 2.07. The Hall–Kier alpha value is -1.88. The summed E-state index contributed by atoms with van der Waals surface area (Å²) in [5.41, 5.74) is 3.10. The highest BCUT2D eigenvalue weighted by molar-refractivity contribution is 5.70. The third-order valence-corrected chi connectivity index (χ3v) is 3.75. The lowest BCUT2D eigenvalue weighted by atomic mass is 10.1. The number of imidazole rings is 1. The summed E-state index contributed by atoms with van der Waals surface area (Å²) in [5.74, 6) is -0.910. The fraction of sp³-hybridized carbons (Fsp3) is 0.429. The van der Waals surface area contributed by atoms with E-state index in [0.717, 1.165) is 36.5 Å². The zero-order chi connectivity index (χ0) is 13.4. The van der Waals surface area contributed by atoms with Gasteiger partial charge in [0.25, 0.3) is 0 Å². The van der Waals surface area contributed by atoms with Crippen molar-refractivity contribution in [3.8, 4) is 0 Å². The summed E-state index contributed by atoms with van der Waals surface area (Å²) in [6.07, 6.45) is 2.78. The smallest absolute Gasteiger partial charge is 0.307 e. The minimum atomic E-state index is -0.687. The molecule has 19 heavy (non-hydrogen) atoms. The van der Waals surface area contributed by atoms with Gasteiger partial charge in [0.15, 0.2) is 0 Å². The molecule has 0 aliphatic carbocycles.